The van der Waals surface area contributed by atoms with Gasteiger partial charge in [-0.1, -0.05) is 0 Å². The van der Waals surface area contributed by atoms with Gasteiger partial charge in [-0.2, -0.15) is 0 Å². The van der Waals surface area contributed by atoms with Crippen molar-refractivity contribution in [2.75, 3.05) is 6.61 Å². The number of ether oxygens (including phenoxy) is 1. The Hall–Kier alpha value is -0.572. The molecule has 0 saturated heterocycles. The van der Waals surface area contributed by atoms with E-state index in [0.717, 1.165) is 0 Å². The molecule has 0 heterocycles. The van der Waals surface area contributed by atoms with Gasteiger partial charge in [-0.25, -0.2) is 0 Å². The van der Waals surface area contributed by atoms with Crippen LogP contribution in [0, 0.1) is 0 Å². The van der Waals surface area contributed by atoms with Crippen molar-refractivity contribution in [2.24, 2.45) is 0 Å². The number of hydrogen-bond acceptors (Lipinski definition) is 5. The van der Waals surface area contributed by atoms with Crippen molar-refractivity contribution in [3.63, 3.8) is 0 Å². The van der Waals surface area contributed by atoms with E-state index >= 15 is 0 Å². The molecular weight excluding hydrogens is 248 g/mol. The van der Waals surface area contributed by atoms with Crippen LogP contribution in [0.2, 0.25) is 0 Å². The van der Waals surface area contributed by atoms with Crippen LogP contribution in [0.4, 0.5) is 0 Å². The molecule has 0 unspecified atom stereocenters. The average molecular weight is 258 g/mol. The minimum absolute atomic E-state index is 0.103. The summed E-state index contributed by atoms with van der Waals surface area (Å²) < 4.78 is 21.5. The van der Waals surface area contributed by atoms with Gasteiger partial charge < -0.3 is 4.74 Å². The molecule has 70 valence electrons. The summed E-state index contributed by atoms with van der Waals surface area (Å²) in [7, 11) is 0. The van der Waals surface area contributed by atoms with Gasteiger partial charge in [0.05, 0.1) is 6.61 Å². The predicted octanol–water partition coefficient (Wildman–Crippen LogP) is 0.288. The third-order valence-electron chi connectivity index (χ3n) is 0.699. The van der Waals surface area contributed by atoms with E-state index in [1.807, 2.05) is 0 Å². The predicted molar refractivity (Wildman–Crippen MR) is 33.3 cm³/mol. The first kappa shape index (κ1) is 14.0. The Morgan fingerprint density at radius 3 is 2.00 bits per heavy atom. The van der Waals surface area contributed by atoms with Crippen LogP contribution >= 0.6 is 0 Å². The van der Waals surface area contributed by atoms with Gasteiger partial charge in [-0.05, 0) is 13.8 Å². The SMILES string of the molecule is CCOC(=O)CC(C)=O.[O]=[Mo]=[O]. The standard InChI is InChI=1S/C6H10O3.Mo.2O/c1-3-9-6(8)4-5(2)7;;;/h3-4H2,1-2H3;;;. The molecule has 5 nitrogen and oxygen atoms in total. The number of carbonyl (C=O) groups excluding carboxylic acids is 2. The second-order valence-corrected chi connectivity index (χ2v) is 2.09. The van der Waals surface area contributed by atoms with Gasteiger partial charge >= 0.3 is 31.3 Å². The molecule has 0 aliphatic heterocycles. The summed E-state index contributed by atoms with van der Waals surface area (Å²) in [5, 5.41) is 0. The van der Waals surface area contributed by atoms with Gasteiger partial charge in [0.2, 0.25) is 0 Å². The van der Waals surface area contributed by atoms with E-state index in [1.165, 1.54) is 6.92 Å². The van der Waals surface area contributed by atoms with Gasteiger partial charge in [-0.15, -0.1) is 0 Å². The summed E-state index contributed by atoms with van der Waals surface area (Å²) in [4.78, 5) is 20.6. The van der Waals surface area contributed by atoms with Gasteiger partial charge in [0.1, 0.15) is 12.2 Å². The molecule has 0 aromatic heterocycles. The van der Waals surface area contributed by atoms with Crippen molar-refractivity contribution >= 4 is 11.8 Å². The van der Waals surface area contributed by atoms with Crippen LogP contribution in [0.15, 0.2) is 0 Å². The Bertz CT molecular complexity index is 182. The van der Waals surface area contributed by atoms with Crippen molar-refractivity contribution in [1.82, 2.24) is 0 Å². The van der Waals surface area contributed by atoms with Crippen molar-refractivity contribution in [3.8, 4) is 0 Å². The fourth-order valence-electron chi connectivity index (χ4n) is 0.415. The van der Waals surface area contributed by atoms with Crippen molar-refractivity contribution in [2.45, 2.75) is 20.3 Å². The number of ketones is 1. The van der Waals surface area contributed by atoms with E-state index in [2.05, 4.69) is 4.74 Å². The first-order chi connectivity index (χ1) is 5.58. The van der Waals surface area contributed by atoms with E-state index in [0.29, 0.717) is 6.61 Å². The Morgan fingerprint density at radius 2 is 1.75 bits per heavy atom. The Balaban J connectivity index is 0. The van der Waals surface area contributed by atoms with Crippen LogP contribution in [0.1, 0.15) is 20.3 Å². The second-order valence-electron chi connectivity index (χ2n) is 1.75. The zero-order chi connectivity index (χ0) is 9.98. The van der Waals surface area contributed by atoms with E-state index in [1.54, 1.807) is 6.92 Å². The Kier molecular flexibility index (Phi) is 12.1. The van der Waals surface area contributed by atoms with Gasteiger partial charge in [0, 0.05) is 0 Å². The molecule has 0 saturated carbocycles. The molecular formula is C6H10MoO5. The molecule has 0 atom stereocenters. The average Bonchev–Trinajstić information content (AvgIpc) is 1.87. The molecule has 0 spiro atoms. The second kappa shape index (κ2) is 10.4. The number of esters is 1. The molecule has 0 radical (unpaired) electrons. The summed E-state index contributed by atoms with van der Waals surface area (Å²) in [5.74, 6) is -0.599. The third kappa shape index (κ3) is 16.2. The zero-order valence-corrected chi connectivity index (χ0v) is 8.87. The Labute approximate surface area is 78.6 Å². The van der Waals surface area contributed by atoms with Crippen LogP contribution in [-0.4, -0.2) is 18.4 Å². The molecule has 0 N–H and O–H groups in total. The fraction of sp³-hybridized carbons (Fsp3) is 0.667. The van der Waals surface area contributed by atoms with Gasteiger partial charge in [0.25, 0.3) is 0 Å². The van der Waals surface area contributed by atoms with E-state index in [-0.39, 0.29) is 12.2 Å². The minimum atomic E-state index is -2.03. The quantitative estimate of drug-likeness (QED) is 0.413. The summed E-state index contributed by atoms with van der Waals surface area (Å²) in [6.45, 7) is 3.40. The number of carbonyl (C=O) groups is 2. The van der Waals surface area contributed by atoms with Gasteiger partial charge in [-0.3, -0.25) is 9.59 Å². The van der Waals surface area contributed by atoms with Crippen LogP contribution < -0.4 is 0 Å². The summed E-state index contributed by atoms with van der Waals surface area (Å²) in [6.07, 6.45) is -0.103. The van der Waals surface area contributed by atoms with E-state index in [9.17, 15) is 9.59 Å². The van der Waals surface area contributed by atoms with Gasteiger partial charge in [0.15, 0.2) is 0 Å². The molecule has 6 heteroatoms. The zero-order valence-electron chi connectivity index (χ0n) is 6.86. The molecule has 0 amide bonds. The monoisotopic (exact) mass is 260 g/mol. The van der Waals surface area contributed by atoms with Crippen LogP contribution in [-0.2, 0) is 39.6 Å². The molecule has 0 fully saturated rings. The third-order valence-corrected chi connectivity index (χ3v) is 0.699. The normalized spacial score (nSPS) is 7.50. The van der Waals surface area contributed by atoms with E-state index < -0.39 is 24.5 Å². The molecule has 0 aromatic rings. The number of hydrogen-bond donors (Lipinski definition) is 0. The Morgan fingerprint density at radius 1 is 1.33 bits per heavy atom. The van der Waals surface area contributed by atoms with Crippen LogP contribution in [0.3, 0.4) is 0 Å². The first-order valence-corrected chi connectivity index (χ1v) is 4.79. The number of rotatable bonds is 3. The fourth-order valence-corrected chi connectivity index (χ4v) is 0.415. The molecule has 0 bridgehead atoms. The van der Waals surface area contributed by atoms with Crippen LogP contribution in [0.25, 0.3) is 0 Å². The molecule has 0 aliphatic carbocycles. The van der Waals surface area contributed by atoms with Crippen molar-refractivity contribution in [1.29, 1.82) is 0 Å². The molecule has 0 aromatic carbocycles. The van der Waals surface area contributed by atoms with Crippen LogP contribution in [0.5, 0.6) is 0 Å². The molecule has 0 aliphatic rings. The van der Waals surface area contributed by atoms with Crippen molar-refractivity contribution < 1.29 is 39.6 Å². The first-order valence-electron chi connectivity index (χ1n) is 3.15. The molecule has 0 rings (SSSR count). The molecule has 12 heavy (non-hydrogen) atoms. The topological polar surface area (TPSA) is 77.5 Å². The summed E-state index contributed by atoms with van der Waals surface area (Å²) >= 11 is -2.03. The summed E-state index contributed by atoms with van der Waals surface area (Å²) in [6, 6.07) is 0. The van der Waals surface area contributed by atoms with Crippen molar-refractivity contribution in [3.05, 3.63) is 0 Å². The number of Topliss-reactive ketones (excluding diaryl/α,β-unsaturated/α-hetero) is 1. The maximum atomic E-state index is 10.4. The maximum absolute atomic E-state index is 10.4. The van der Waals surface area contributed by atoms with E-state index in [4.69, 9.17) is 6.80 Å². The summed E-state index contributed by atoms with van der Waals surface area (Å²) in [5.41, 5.74) is 0.